The quantitative estimate of drug-likeness (QED) is 0.857. The number of aromatic hydroxyl groups is 1. The third kappa shape index (κ3) is 2.98. The van der Waals surface area contributed by atoms with Gasteiger partial charge in [-0.25, -0.2) is 4.79 Å². The molecule has 0 unspecified atom stereocenters. The van der Waals surface area contributed by atoms with Crippen molar-refractivity contribution in [3.63, 3.8) is 0 Å². The van der Waals surface area contributed by atoms with E-state index in [4.69, 9.17) is 4.42 Å². The zero-order valence-corrected chi connectivity index (χ0v) is 10.3. The summed E-state index contributed by atoms with van der Waals surface area (Å²) in [6.07, 6.45) is 3.30. The van der Waals surface area contributed by atoms with Crippen molar-refractivity contribution in [3.05, 3.63) is 63.7 Å². The molecule has 1 N–H and O–H groups in total. The smallest absolute Gasteiger partial charge is 0.350 e. The minimum atomic E-state index is -0.833. The van der Waals surface area contributed by atoms with Gasteiger partial charge in [0, 0.05) is 6.07 Å². The molecule has 0 aliphatic rings. The van der Waals surface area contributed by atoms with Gasteiger partial charge in [0.25, 0.3) is 0 Å². The summed E-state index contributed by atoms with van der Waals surface area (Å²) < 4.78 is 4.95. The lowest BCUT2D eigenvalue weighted by Gasteiger charge is -1.99. The van der Waals surface area contributed by atoms with Crippen LogP contribution in [0.25, 0.3) is 12.2 Å². The van der Waals surface area contributed by atoms with Gasteiger partial charge in [-0.3, -0.25) is 4.79 Å². The molecule has 0 fully saturated rings. The van der Waals surface area contributed by atoms with Crippen LogP contribution in [0.5, 0.6) is 5.75 Å². The third-order valence-corrected chi connectivity index (χ3v) is 2.54. The Kier molecular flexibility index (Phi) is 3.61. The number of hydrogen-bond acceptors (Lipinski definition) is 4. The van der Waals surface area contributed by atoms with Gasteiger partial charge in [-0.05, 0) is 18.6 Å². The number of ketones is 1. The molecule has 1 aromatic carbocycles. The SMILES string of the molecule is CC(=O)c1c(O)cc(/C=C/c2ccccc2)oc1=O. The zero-order chi connectivity index (χ0) is 13.8. The predicted octanol–water partition coefficient (Wildman–Crippen LogP) is 2.72. The van der Waals surface area contributed by atoms with Crippen molar-refractivity contribution in [3.8, 4) is 5.75 Å². The van der Waals surface area contributed by atoms with Crippen LogP contribution in [0.4, 0.5) is 0 Å². The van der Waals surface area contributed by atoms with Crippen LogP contribution in [0.15, 0.2) is 45.6 Å². The van der Waals surface area contributed by atoms with Gasteiger partial charge in [-0.1, -0.05) is 36.4 Å². The predicted molar refractivity (Wildman–Crippen MR) is 72.0 cm³/mol. The first-order valence-corrected chi connectivity index (χ1v) is 5.69. The van der Waals surface area contributed by atoms with E-state index in [1.807, 2.05) is 30.3 Å². The average Bonchev–Trinajstić information content (AvgIpc) is 2.36. The summed E-state index contributed by atoms with van der Waals surface area (Å²) in [7, 11) is 0. The molecule has 0 aliphatic heterocycles. The van der Waals surface area contributed by atoms with Gasteiger partial charge in [-0.2, -0.15) is 0 Å². The molecule has 0 radical (unpaired) electrons. The van der Waals surface area contributed by atoms with Crippen LogP contribution in [0, 0.1) is 0 Å². The molecule has 0 aliphatic carbocycles. The van der Waals surface area contributed by atoms with Crippen LogP contribution in [0.1, 0.15) is 28.6 Å². The van der Waals surface area contributed by atoms with E-state index in [2.05, 4.69) is 0 Å². The van der Waals surface area contributed by atoms with E-state index in [1.165, 1.54) is 13.0 Å². The molecule has 1 heterocycles. The van der Waals surface area contributed by atoms with Gasteiger partial charge in [-0.15, -0.1) is 0 Å². The van der Waals surface area contributed by atoms with Crippen LogP contribution in [0.2, 0.25) is 0 Å². The summed E-state index contributed by atoms with van der Waals surface area (Å²) in [5.74, 6) is -0.697. The molecule has 0 atom stereocenters. The molecule has 96 valence electrons. The lowest BCUT2D eigenvalue weighted by Crippen LogP contribution is -2.12. The van der Waals surface area contributed by atoms with Crippen LogP contribution >= 0.6 is 0 Å². The van der Waals surface area contributed by atoms with Crippen molar-refractivity contribution in [1.82, 2.24) is 0 Å². The Hall–Kier alpha value is -2.62. The number of carbonyl (C=O) groups is 1. The molecular weight excluding hydrogens is 244 g/mol. The maximum atomic E-state index is 11.5. The zero-order valence-electron chi connectivity index (χ0n) is 10.3. The molecule has 1 aromatic heterocycles. The Morgan fingerprint density at radius 2 is 1.89 bits per heavy atom. The van der Waals surface area contributed by atoms with Crippen LogP contribution in [-0.2, 0) is 0 Å². The van der Waals surface area contributed by atoms with E-state index in [-0.39, 0.29) is 17.1 Å². The molecule has 0 amide bonds. The van der Waals surface area contributed by atoms with Crippen molar-refractivity contribution in [2.45, 2.75) is 6.92 Å². The molecule has 4 nitrogen and oxygen atoms in total. The van der Waals surface area contributed by atoms with Gasteiger partial charge in [0.2, 0.25) is 0 Å². The summed E-state index contributed by atoms with van der Waals surface area (Å²) in [5, 5.41) is 9.63. The van der Waals surface area contributed by atoms with Crippen molar-refractivity contribution in [2.24, 2.45) is 0 Å². The van der Waals surface area contributed by atoms with Gasteiger partial charge in [0.1, 0.15) is 17.1 Å². The lowest BCUT2D eigenvalue weighted by atomic mass is 10.1. The third-order valence-electron chi connectivity index (χ3n) is 2.54. The highest BCUT2D eigenvalue weighted by molar-refractivity contribution is 5.96. The lowest BCUT2D eigenvalue weighted by molar-refractivity contribution is 0.101. The van der Waals surface area contributed by atoms with Crippen LogP contribution in [0.3, 0.4) is 0 Å². The highest BCUT2D eigenvalue weighted by Gasteiger charge is 2.14. The first-order valence-electron chi connectivity index (χ1n) is 5.69. The van der Waals surface area contributed by atoms with E-state index >= 15 is 0 Å². The maximum Gasteiger partial charge on any atom is 0.350 e. The Bertz CT molecular complexity index is 681. The van der Waals surface area contributed by atoms with Crippen LogP contribution in [-0.4, -0.2) is 10.9 Å². The second-order valence-corrected chi connectivity index (χ2v) is 4.00. The van der Waals surface area contributed by atoms with Crippen molar-refractivity contribution >= 4 is 17.9 Å². The Morgan fingerprint density at radius 1 is 1.21 bits per heavy atom. The second-order valence-electron chi connectivity index (χ2n) is 4.00. The maximum absolute atomic E-state index is 11.5. The number of Topliss-reactive ketones (excluding diaryl/α,β-unsaturated/α-hetero) is 1. The van der Waals surface area contributed by atoms with E-state index in [0.29, 0.717) is 0 Å². The van der Waals surface area contributed by atoms with Crippen molar-refractivity contribution < 1.29 is 14.3 Å². The van der Waals surface area contributed by atoms with Gasteiger partial charge >= 0.3 is 5.63 Å². The van der Waals surface area contributed by atoms with E-state index in [0.717, 1.165) is 5.56 Å². The Labute approximate surface area is 109 Å². The van der Waals surface area contributed by atoms with Gasteiger partial charge in [0.15, 0.2) is 5.78 Å². The molecule has 2 aromatic rings. The summed E-state index contributed by atoms with van der Waals surface area (Å²) in [6.45, 7) is 1.20. The van der Waals surface area contributed by atoms with Crippen molar-refractivity contribution in [2.75, 3.05) is 0 Å². The van der Waals surface area contributed by atoms with E-state index in [9.17, 15) is 14.7 Å². The summed E-state index contributed by atoms with van der Waals surface area (Å²) in [5.41, 5.74) is -0.225. The summed E-state index contributed by atoms with van der Waals surface area (Å²) >= 11 is 0. The number of hydrogen-bond donors (Lipinski definition) is 1. The fourth-order valence-electron chi connectivity index (χ4n) is 1.65. The minimum Gasteiger partial charge on any atom is -0.507 e. The topological polar surface area (TPSA) is 67.5 Å². The van der Waals surface area contributed by atoms with E-state index < -0.39 is 11.4 Å². The molecule has 0 bridgehead atoms. The highest BCUT2D eigenvalue weighted by Crippen LogP contribution is 2.17. The molecule has 0 spiro atoms. The molecule has 4 heteroatoms. The average molecular weight is 256 g/mol. The highest BCUT2D eigenvalue weighted by atomic mass is 16.4. The summed E-state index contributed by atoms with van der Waals surface area (Å²) in [6, 6.07) is 10.7. The standard InChI is InChI=1S/C15H12O4/c1-10(16)14-13(17)9-12(19-15(14)18)8-7-11-5-3-2-4-6-11/h2-9,17H,1H3/b8-7+. The fourth-order valence-corrected chi connectivity index (χ4v) is 1.65. The second kappa shape index (κ2) is 5.35. The Balaban J connectivity index is 2.36. The first kappa shape index (κ1) is 12.8. The number of rotatable bonds is 3. The fraction of sp³-hybridized carbons (Fsp3) is 0.0667. The van der Waals surface area contributed by atoms with Gasteiger partial charge in [0.05, 0.1) is 0 Å². The van der Waals surface area contributed by atoms with Crippen LogP contribution < -0.4 is 5.63 Å². The van der Waals surface area contributed by atoms with E-state index in [1.54, 1.807) is 12.2 Å². The van der Waals surface area contributed by atoms with Gasteiger partial charge < -0.3 is 9.52 Å². The largest absolute Gasteiger partial charge is 0.507 e. The molecule has 2 rings (SSSR count). The number of carbonyl (C=O) groups excluding carboxylic acids is 1. The molecule has 0 saturated carbocycles. The minimum absolute atomic E-state index is 0.191. The Morgan fingerprint density at radius 3 is 2.47 bits per heavy atom. The van der Waals surface area contributed by atoms with Crippen molar-refractivity contribution in [1.29, 1.82) is 0 Å². The number of benzene rings is 1. The molecule has 0 saturated heterocycles. The first-order chi connectivity index (χ1) is 9.08. The normalized spacial score (nSPS) is 10.8. The monoisotopic (exact) mass is 256 g/mol. The molecule has 19 heavy (non-hydrogen) atoms. The molecular formula is C15H12O4. The summed E-state index contributed by atoms with van der Waals surface area (Å²) in [4.78, 5) is 22.7.